The summed E-state index contributed by atoms with van der Waals surface area (Å²) >= 11 is 3.75. The number of nitrogens with one attached hydrogen (secondary N) is 1. The van der Waals surface area contributed by atoms with Gasteiger partial charge in [-0.3, -0.25) is 4.79 Å². The first-order valence-corrected chi connectivity index (χ1v) is 6.26. The molecule has 15 heavy (non-hydrogen) atoms. The molecule has 2 heterocycles. The zero-order chi connectivity index (χ0) is 10.7. The lowest BCUT2D eigenvalue weighted by Crippen LogP contribution is -2.21. The first-order chi connectivity index (χ1) is 7.25. The van der Waals surface area contributed by atoms with Crippen molar-refractivity contribution in [3.63, 3.8) is 0 Å². The van der Waals surface area contributed by atoms with E-state index in [1.807, 2.05) is 17.5 Å². The Morgan fingerprint density at radius 3 is 3.07 bits per heavy atom. The number of hydrogen-bond acceptors (Lipinski definition) is 3. The second kappa shape index (κ2) is 4.80. The summed E-state index contributed by atoms with van der Waals surface area (Å²) in [7, 11) is 0. The summed E-state index contributed by atoms with van der Waals surface area (Å²) in [6.45, 7) is 0.429. The van der Waals surface area contributed by atoms with E-state index >= 15 is 0 Å². The molecule has 78 valence electrons. The van der Waals surface area contributed by atoms with Crippen molar-refractivity contribution in [2.75, 3.05) is 0 Å². The van der Waals surface area contributed by atoms with Crippen LogP contribution in [0.3, 0.4) is 0 Å². The van der Waals surface area contributed by atoms with Crippen molar-refractivity contribution in [1.82, 2.24) is 5.32 Å². The van der Waals surface area contributed by atoms with Gasteiger partial charge in [-0.05, 0) is 40.8 Å². The Morgan fingerprint density at radius 1 is 1.60 bits per heavy atom. The molecular formula is C10H8INO2S. The Balaban J connectivity index is 1.93. The van der Waals surface area contributed by atoms with Gasteiger partial charge in [0.15, 0.2) is 0 Å². The minimum Gasteiger partial charge on any atom is -0.467 e. The van der Waals surface area contributed by atoms with Crippen molar-refractivity contribution in [2.24, 2.45) is 0 Å². The lowest BCUT2D eigenvalue weighted by atomic mass is 10.3. The molecule has 0 bridgehead atoms. The molecule has 0 aliphatic carbocycles. The molecule has 1 amide bonds. The Kier molecular flexibility index (Phi) is 3.42. The van der Waals surface area contributed by atoms with E-state index in [1.54, 1.807) is 23.7 Å². The highest BCUT2D eigenvalue weighted by molar-refractivity contribution is 14.1. The van der Waals surface area contributed by atoms with Crippen LogP contribution in [0.1, 0.15) is 16.1 Å². The van der Waals surface area contributed by atoms with Crippen LogP contribution in [0.5, 0.6) is 0 Å². The molecule has 1 N–H and O–H groups in total. The smallest absolute Gasteiger partial charge is 0.252 e. The molecule has 0 fully saturated rings. The highest BCUT2D eigenvalue weighted by Gasteiger charge is 2.07. The van der Waals surface area contributed by atoms with E-state index in [-0.39, 0.29) is 5.91 Å². The maximum atomic E-state index is 11.6. The number of rotatable bonds is 3. The maximum absolute atomic E-state index is 11.6. The third-order valence-corrected chi connectivity index (χ3v) is 3.62. The van der Waals surface area contributed by atoms with Gasteiger partial charge in [-0.25, -0.2) is 0 Å². The van der Waals surface area contributed by atoms with Crippen LogP contribution in [0, 0.1) is 2.88 Å². The van der Waals surface area contributed by atoms with Gasteiger partial charge < -0.3 is 9.73 Å². The first kappa shape index (κ1) is 10.7. The minimum absolute atomic E-state index is 0.0643. The van der Waals surface area contributed by atoms with E-state index in [4.69, 9.17) is 4.42 Å². The first-order valence-electron chi connectivity index (χ1n) is 4.30. The lowest BCUT2D eigenvalue weighted by molar-refractivity contribution is 0.0948. The highest BCUT2D eigenvalue weighted by atomic mass is 127. The molecular weight excluding hydrogens is 325 g/mol. The fourth-order valence-electron chi connectivity index (χ4n) is 1.11. The number of thiophene rings is 1. The number of hydrogen-bond donors (Lipinski definition) is 1. The summed E-state index contributed by atoms with van der Waals surface area (Å²) in [6.07, 6.45) is 1.59. The van der Waals surface area contributed by atoms with Crippen molar-refractivity contribution < 1.29 is 9.21 Å². The average Bonchev–Trinajstić information content (AvgIpc) is 2.84. The van der Waals surface area contributed by atoms with Crippen LogP contribution >= 0.6 is 33.9 Å². The standard InChI is InChI=1S/C10H8INO2S/c11-9-4-7(6-15-9)10(13)12-5-8-2-1-3-14-8/h1-4,6H,5H2,(H,12,13). The van der Waals surface area contributed by atoms with Gasteiger partial charge in [0.05, 0.1) is 21.3 Å². The average molecular weight is 333 g/mol. The van der Waals surface area contributed by atoms with E-state index in [0.717, 1.165) is 8.64 Å². The van der Waals surface area contributed by atoms with E-state index in [9.17, 15) is 4.79 Å². The van der Waals surface area contributed by atoms with E-state index in [2.05, 4.69) is 27.9 Å². The summed E-state index contributed by atoms with van der Waals surface area (Å²) in [5.74, 6) is 0.693. The fraction of sp³-hybridized carbons (Fsp3) is 0.100. The van der Waals surface area contributed by atoms with Crippen LogP contribution < -0.4 is 5.32 Å². The van der Waals surface area contributed by atoms with Crippen molar-refractivity contribution in [2.45, 2.75) is 6.54 Å². The molecule has 5 heteroatoms. The summed E-state index contributed by atoms with van der Waals surface area (Å²) < 4.78 is 6.22. The van der Waals surface area contributed by atoms with Crippen LogP contribution in [0.2, 0.25) is 0 Å². The SMILES string of the molecule is O=C(NCc1ccco1)c1csc(I)c1. The number of carbonyl (C=O) groups is 1. The number of carbonyl (C=O) groups excluding carboxylic acids is 1. The maximum Gasteiger partial charge on any atom is 0.252 e. The minimum atomic E-state index is -0.0643. The topological polar surface area (TPSA) is 42.2 Å². The second-order valence-electron chi connectivity index (χ2n) is 2.90. The van der Waals surface area contributed by atoms with Gasteiger partial charge in [0.2, 0.25) is 0 Å². The molecule has 3 nitrogen and oxygen atoms in total. The zero-order valence-corrected chi connectivity index (χ0v) is 10.7. The fourth-order valence-corrected chi connectivity index (χ4v) is 2.44. The summed E-state index contributed by atoms with van der Waals surface area (Å²) in [6, 6.07) is 5.50. The molecule has 2 aromatic heterocycles. The van der Waals surface area contributed by atoms with Gasteiger partial charge in [0.1, 0.15) is 5.76 Å². The largest absolute Gasteiger partial charge is 0.467 e. The molecule has 0 aromatic carbocycles. The van der Waals surface area contributed by atoms with Gasteiger partial charge >= 0.3 is 0 Å². The Bertz CT molecular complexity index is 450. The van der Waals surface area contributed by atoms with Crippen LogP contribution in [0.15, 0.2) is 34.3 Å². The van der Waals surface area contributed by atoms with Crippen molar-refractivity contribution in [1.29, 1.82) is 0 Å². The molecule has 0 saturated heterocycles. The third-order valence-electron chi connectivity index (χ3n) is 1.83. The van der Waals surface area contributed by atoms with Gasteiger partial charge in [-0.1, -0.05) is 0 Å². The van der Waals surface area contributed by atoms with Crippen LogP contribution in [-0.4, -0.2) is 5.91 Å². The Labute approximate surface area is 105 Å². The van der Waals surface area contributed by atoms with E-state index in [1.165, 1.54) is 0 Å². The number of amides is 1. The molecule has 0 saturated carbocycles. The second-order valence-corrected chi connectivity index (χ2v) is 5.71. The monoisotopic (exact) mass is 333 g/mol. The number of furan rings is 1. The predicted molar refractivity (Wildman–Crippen MR) is 66.9 cm³/mol. The van der Waals surface area contributed by atoms with E-state index in [0.29, 0.717) is 12.1 Å². The quantitative estimate of drug-likeness (QED) is 0.878. The third kappa shape index (κ3) is 2.82. The molecule has 0 spiro atoms. The molecule has 0 aliphatic rings. The summed E-state index contributed by atoms with van der Waals surface area (Å²) in [4.78, 5) is 11.6. The predicted octanol–water partition coefficient (Wildman–Crippen LogP) is 2.88. The molecule has 0 radical (unpaired) electrons. The molecule has 0 aliphatic heterocycles. The van der Waals surface area contributed by atoms with Gasteiger partial charge in [-0.15, -0.1) is 11.3 Å². The van der Waals surface area contributed by atoms with Crippen molar-refractivity contribution in [3.8, 4) is 0 Å². The van der Waals surface area contributed by atoms with Crippen molar-refractivity contribution >= 4 is 39.8 Å². The van der Waals surface area contributed by atoms with E-state index < -0.39 is 0 Å². The van der Waals surface area contributed by atoms with Crippen molar-refractivity contribution in [3.05, 3.63) is 44.0 Å². The molecule has 0 atom stereocenters. The highest BCUT2D eigenvalue weighted by Crippen LogP contribution is 2.16. The molecule has 2 aromatic rings. The van der Waals surface area contributed by atoms with Crippen LogP contribution in [0.4, 0.5) is 0 Å². The normalized spacial score (nSPS) is 10.2. The zero-order valence-electron chi connectivity index (χ0n) is 7.70. The van der Waals surface area contributed by atoms with Crippen LogP contribution in [-0.2, 0) is 6.54 Å². The Hall–Kier alpha value is -0.820. The summed E-state index contributed by atoms with van der Waals surface area (Å²) in [5, 5.41) is 4.63. The summed E-state index contributed by atoms with van der Waals surface area (Å²) in [5.41, 5.74) is 0.705. The number of halogens is 1. The lowest BCUT2D eigenvalue weighted by Gasteiger charge is -2.00. The molecule has 2 rings (SSSR count). The van der Waals surface area contributed by atoms with Gasteiger partial charge in [0, 0.05) is 5.38 Å². The van der Waals surface area contributed by atoms with Gasteiger partial charge in [-0.2, -0.15) is 0 Å². The van der Waals surface area contributed by atoms with Crippen LogP contribution in [0.25, 0.3) is 0 Å². The van der Waals surface area contributed by atoms with Gasteiger partial charge in [0.25, 0.3) is 5.91 Å². The Morgan fingerprint density at radius 2 is 2.47 bits per heavy atom. The molecule has 0 unspecified atom stereocenters.